The summed E-state index contributed by atoms with van der Waals surface area (Å²) in [5, 5.41) is 0. The molecule has 0 aliphatic carbocycles. The van der Waals surface area contributed by atoms with Crippen LogP contribution in [0.5, 0.6) is 0 Å². The van der Waals surface area contributed by atoms with Gasteiger partial charge in [0.15, 0.2) is 0 Å². The standard InChI is InChI=1S/C31H59NO4/c1-9-10-23-35-31(34)24-29(36-30(33)21-14-22-32(7)8)28(6)20-13-19-27(5)18-12-17-26(4)16-11-15-25(2)3/h9-10,25-29H,11-24H2,1-8H3/b10-9-. The molecule has 212 valence electrons. The molecule has 0 saturated carbocycles. The highest BCUT2D eigenvalue weighted by molar-refractivity contribution is 5.72. The van der Waals surface area contributed by atoms with Gasteiger partial charge in [0, 0.05) is 6.42 Å². The lowest BCUT2D eigenvalue weighted by molar-refractivity contribution is -0.157. The Balaban J connectivity index is 4.48. The fraction of sp³-hybridized carbons (Fsp3) is 0.871. The van der Waals surface area contributed by atoms with Crippen LogP contribution in [0.25, 0.3) is 0 Å². The van der Waals surface area contributed by atoms with Crippen molar-refractivity contribution in [1.29, 1.82) is 0 Å². The van der Waals surface area contributed by atoms with Gasteiger partial charge in [-0.2, -0.15) is 0 Å². The van der Waals surface area contributed by atoms with Gasteiger partial charge in [0.25, 0.3) is 0 Å². The first kappa shape index (κ1) is 34.6. The third-order valence-electron chi connectivity index (χ3n) is 7.08. The number of hydrogen-bond acceptors (Lipinski definition) is 5. The fourth-order valence-corrected chi connectivity index (χ4v) is 4.54. The van der Waals surface area contributed by atoms with Crippen LogP contribution in [0, 0.1) is 23.7 Å². The van der Waals surface area contributed by atoms with Crippen LogP contribution in [0.3, 0.4) is 0 Å². The minimum atomic E-state index is -0.419. The molecule has 0 aromatic rings. The molecular weight excluding hydrogens is 450 g/mol. The van der Waals surface area contributed by atoms with Gasteiger partial charge in [0.05, 0.1) is 6.42 Å². The summed E-state index contributed by atoms with van der Waals surface area (Å²) in [4.78, 5) is 26.8. The van der Waals surface area contributed by atoms with Crippen LogP contribution in [0.1, 0.15) is 119 Å². The molecule has 5 nitrogen and oxygen atoms in total. The molecule has 0 amide bonds. The Bertz CT molecular complexity index is 587. The van der Waals surface area contributed by atoms with Crippen LogP contribution in [0.2, 0.25) is 0 Å². The van der Waals surface area contributed by atoms with Crippen molar-refractivity contribution < 1.29 is 19.1 Å². The maximum absolute atomic E-state index is 12.4. The van der Waals surface area contributed by atoms with Gasteiger partial charge < -0.3 is 14.4 Å². The Morgan fingerprint density at radius 1 is 0.778 bits per heavy atom. The lowest BCUT2D eigenvalue weighted by atomic mass is 9.90. The van der Waals surface area contributed by atoms with E-state index in [2.05, 4.69) is 39.5 Å². The van der Waals surface area contributed by atoms with E-state index in [1.807, 2.05) is 27.1 Å². The van der Waals surface area contributed by atoms with E-state index < -0.39 is 6.10 Å². The Morgan fingerprint density at radius 3 is 1.86 bits per heavy atom. The van der Waals surface area contributed by atoms with Gasteiger partial charge in [-0.3, -0.25) is 9.59 Å². The van der Waals surface area contributed by atoms with E-state index in [0.717, 1.165) is 37.6 Å². The Morgan fingerprint density at radius 2 is 1.33 bits per heavy atom. The number of rotatable bonds is 22. The summed E-state index contributed by atoms with van der Waals surface area (Å²) < 4.78 is 11.1. The Labute approximate surface area is 223 Å². The molecule has 0 heterocycles. The average molecular weight is 510 g/mol. The van der Waals surface area contributed by atoms with E-state index in [0.29, 0.717) is 12.3 Å². The normalized spacial score (nSPS) is 15.3. The summed E-state index contributed by atoms with van der Waals surface area (Å²) in [5.41, 5.74) is 0. The first-order valence-corrected chi connectivity index (χ1v) is 14.7. The average Bonchev–Trinajstić information content (AvgIpc) is 2.78. The maximum atomic E-state index is 12.4. The van der Waals surface area contributed by atoms with Crippen molar-refractivity contribution in [3.8, 4) is 0 Å². The highest BCUT2D eigenvalue weighted by Gasteiger charge is 2.25. The number of nitrogens with zero attached hydrogens (tertiary/aromatic N) is 1. The van der Waals surface area contributed by atoms with E-state index in [9.17, 15) is 9.59 Å². The predicted octanol–water partition coefficient (Wildman–Crippen LogP) is 7.82. The molecule has 5 heteroatoms. The summed E-state index contributed by atoms with van der Waals surface area (Å²) in [6.45, 7) is 14.5. The van der Waals surface area contributed by atoms with Gasteiger partial charge in [-0.1, -0.05) is 98.1 Å². The molecule has 0 rings (SSSR count). The molecule has 0 aliphatic rings. The van der Waals surface area contributed by atoms with Crippen molar-refractivity contribution in [3.05, 3.63) is 12.2 Å². The molecule has 4 unspecified atom stereocenters. The van der Waals surface area contributed by atoms with Crippen LogP contribution in [0.15, 0.2) is 12.2 Å². The first-order valence-electron chi connectivity index (χ1n) is 14.7. The van der Waals surface area contributed by atoms with Crippen molar-refractivity contribution in [3.63, 3.8) is 0 Å². The SMILES string of the molecule is C/C=C\COC(=O)CC(OC(=O)CCCN(C)C)C(C)CCCC(C)CCCC(C)CCCC(C)C. The second-order valence-electron chi connectivity index (χ2n) is 11.8. The van der Waals surface area contributed by atoms with Gasteiger partial charge in [-0.15, -0.1) is 0 Å². The van der Waals surface area contributed by atoms with E-state index in [1.165, 1.54) is 44.9 Å². The molecule has 0 spiro atoms. The molecule has 0 radical (unpaired) electrons. The highest BCUT2D eigenvalue weighted by atomic mass is 16.6. The third-order valence-corrected chi connectivity index (χ3v) is 7.08. The highest BCUT2D eigenvalue weighted by Crippen LogP contribution is 2.24. The van der Waals surface area contributed by atoms with Crippen molar-refractivity contribution in [2.24, 2.45) is 23.7 Å². The van der Waals surface area contributed by atoms with E-state index >= 15 is 0 Å². The van der Waals surface area contributed by atoms with Crippen molar-refractivity contribution in [2.45, 2.75) is 125 Å². The molecule has 0 aliphatic heterocycles. The number of allylic oxidation sites excluding steroid dienone is 1. The molecular formula is C31H59NO4. The third kappa shape index (κ3) is 20.8. The van der Waals surface area contributed by atoms with Gasteiger partial charge >= 0.3 is 11.9 Å². The lowest BCUT2D eigenvalue weighted by Crippen LogP contribution is -2.29. The van der Waals surface area contributed by atoms with Crippen LogP contribution in [-0.4, -0.2) is 50.2 Å². The van der Waals surface area contributed by atoms with Gasteiger partial charge in [0.1, 0.15) is 12.7 Å². The molecule has 4 atom stereocenters. The topological polar surface area (TPSA) is 55.8 Å². The minimum Gasteiger partial charge on any atom is -0.461 e. The summed E-state index contributed by atoms with van der Waals surface area (Å²) in [6.07, 6.45) is 15.7. The zero-order valence-electron chi connectivity index (χ0n) is 25.0. The van der Waals surface area contributed by atoms with Gasteiger partial charge in [-0.25, -0.2) is 0 Å². The van der Waals surface area contributed by atoms with Gasteiger partial charge in [0.2, 0.25) is 0 Å². The number of ether oxygens (including phenoxy) is 2. The van der Waals surface area contributed by atoms with Crippen LogP contribution < -0.4 is 0 Å². The maximum Gasteiger partial charge on any atom is 0.309 e. The number of carbonyl (C=O) groups excluding carboxylic acids is 2. The van der Waals surface area contributed by atoms with E-state index in [1.54, 1.807) is 6.08 Å². The molecule has 0 aromatic heterocycles. The first-order chi connectivity index (χ1) is 17.0. The Hall–Kier alpha value is -1.36. The van der Waals surface area contributed by atoms with E-state index in [-0.39, 0.29) is 30.9 Å². The zero-order chi connectivity index (χ0) is 27.3. The molecule has 0 fully saturated rings. The second kappa shape index (κ2) is 21.7. The molecule has 0 bridgehead atoms. The summed E-state index contributed by atoms with van der Waals surface area (Å²) >= 11 is 0. The Kier molecular flexibility index (Phi) is 20.9. The minimum absolute atomic E-state index is 0.127. The molecule has 0 aromatic carbocycles. The molecule has 0 saturated heterocycles. The monoisotopic (exact) mass is 509 g/mol. The molecule has 36 heavy (non-hydrogen) atoms. The number of esters is 2. The zero-order valence-corrected chi connectivity index (χ0v) is 25.0. The summed E-state index contributed by atoms with van der Waals surface area (Å²) in [7, 11) is 3.99. The van der Waals surface area contributed by atoms with E-state index in [4.69, 9.17) is 9.47 Å². The lowest BCUT2D eigenvalue weighted by Gasteiger charge is -2.24. The van der Waals surface area contributed by atoms with Crippen LogP contribution in [0.4, 0.5) is 0 Å². The quantitative estimate of drug-likeness (QED) is 0.110. The number of carbonyl (C=O) groups is 2. The molecule has 0 N–H and O–H groups in total. The smallest absolute Gasteiger partial charge is 0.309 e. The summed E-state index contributed by atoms with van der Waals surface area (Å²) in [5.74, 6) is 1.96. The van der Waals surface area contributed by atoms with Crippen LogP contribution >= 0.6 is 0 Å². The van der Waals surface area contributed by atoms with Crippen molar-refractivity contribution in [1.82, 2.24) is 4.90 Å². The summed E-state index contributed by atoms with van der Waals surface area (Å²) in [6, 6.07) is 0. The fourth-order valence-electron chi connectivity index (χ4n) is 4.54. The van der Waals surface area contributed by atoms with Crippen LogP contribution in [-0.2, 0) is 19.1 Å². The second-order valence-corrected chi connectivity index (χ2v) is 11.8. The largest absolute Gasteiger partial charge is 0.461 e. The predicted molar refractivity (Wildman–Crippen MR) is 152 cm³/mol. The van der Waals surface area contributed by atoms with Crippen molar-refractivity contribution in [2.75, 3.05) is 27.2 Å². The number of hydrogen-bond donors (Lipinski definition) is 0. The van der Waals surface area contributed by atoms with Crippen molar-refractivity contribution >= 4 is 11.9 Å². The van der Waals surface area contributed by atoms with Gasteiger partial charge in [-0.05, 0) is 64.1 Å².